The van der Waals surface area contributed by atoms with Gasteiger partial charge in [-0.25, -0.2) is 14.6 Å². The Bertz CT molecular complexity index is 252. The van der Waals surface area contributed by atoms with Gasteiger partial charge in [-0.1, -0.05) is 6.92 Å². The van der Waals surface area contributed by atoms with Crippen LogP contribution in [0.25, 0.3) is 0 Å². The molecule has 5 nitrogen and oxygen atoms in total. The van der Waals surface area contributed by atoms with Gasteiger partial charge in [-0.05, 0) is 26.7 Å². The number of carbonyl (C=O) groups is 1. The molecule has 5 heteroatoms. The highest BCUT2D eigenvalue weighted by Crippen LogP contribution is 2.06. The molecule has 1 N–H and O–H groups in total. The zero-order valence-electron chi connectivity index (χ0n) is 9.66. The molecular weight excluding hydrogens is 196 g/mol. The lowest BCUT2D eigenvalue weighted by Gasteiger charge is -2.20. The lowest BCUT2D eigenvalue weighted by atomic mass is 10.2. The minimum atomic E-state index is -0.492. The average Bonchev–Trinajstić information content (AvgIpc) is 2.08. The Morgan fingerprint density at radius 3 is 2.60 bits per heavy atom. The van der Waals surface area contributed by atoms with Crippen molar-refractivity contribution in [3.05, 3.63) is 0 Å². The Morgan fingerprint density at radius 2 is 2.13 bits per heavy atom. The molecule has 1 amide bonds. The van der Waals surface area contributed by atoms with E-state index in [1.807, 2.05) is 6.92 Å². The second kappa shape index (κ2) is 6.19. The molecule has 0 heterocycles. The highest BCUT2D eigenvalue weighted by atomic mass is 16.6. The number of hydrogen-bond acceptors (Lipinski definition) is 4. The number of nitrogens with one attached hydrogen (secondary N) is 1. The molecule has 86 valence electrons. The summed E-state index contributed by atoms with van der Waals surface area (Å²) in [6, 6.07) is 0. The van der Waals surface area contributed by atoms with Crippen LogP contribution in [0.4, 0.5) is 4.79 Å². The Morgan fingerprint density at radius 1 is 1.53 bits per heavy atom. The van der Waals surface area contributed by atoms with Crippen LogP contribution in [0, 0.1) is 5.92 Å². The van der Waals surface area contributed by atoms with Gasteiger partial charge < -0.3 is 10.1 Å². The molecule has 0 bridgehead atoms. The quantitative estimate of drug-likeness (QED) is 0.569. The standard InChI is InChI=1S/C10H18N2O3/c1-8(5-11-7-13)6-12-9(14)15-10(2,3)4/h8H,5-6H2,1-4H3,(H,12,14). The second-order valence-corrected chi connectivity index (χ2v) is 4.42. The highest BCUT2D eigenvalue weighted by molar-refractivity contribution is 5.67. The van der Waals surface area contributed by atoms with Crippen molar-refractivity contribution in [3.8, 4) is 0 Å². The predicted molar refractivity (Wildman–Crippen MR) is 56.4 cm³/mol. The van der Waals surface area contributed by atoms with Crippen molar-refractivity contribution in [2.45, 2.75) is 33.3 Å². The van der Waals surface area contributed by atoms with Crippen molar-refractivity contribution < 1.29 is 14.3 Å². The number of hydrogen-bond donors (Lipinski definition) is 1. The first-order chi connectivity index (χ1) is 6.85. The van der Waals surface area contributed by atoms with Crippen LogP contribution in [0.3, 0.4) is 0 Å². The van der Waals surface area contributed by atoms with E-state index in [0.29, 0.717) is 13.1 Å². The minimum absolute atomic E-state index is 0.0963. The monoisotopic (exact) mass is 214 g/mol. The van der Waals surface area contributed by atoms with E-state index >= 15 is 0 Å². The van der Waals surface area contributed by atoms with Crippen molar-refractivity contribution in [1.82, 2.24) is 5.32 Å². The van der Waals surface area contributed by atoms with E-state index in [9.17, 15) is 9.59 Å². The highest BCUT2D eigenvalue weighted by Gasteiger charge is 2.16. The number of alkyl carbamates (subject to hydrolysis) is 1. The van der Waals surface area contributed by atoms with E-state index in [1.54, 1.807) is 20.8 Å². The van der Waals surface area contributed by atoms with Crippen molar-refractivity contribution >= 4 is 12.2 Å². The summed E-state index contributed by atoms with van der Waals surface area (Å²) in [6.45, 7) is 8.06. The molecule has 15 heavy (non-hydrogen) atoms. The maximum Gasteiger partial charge on any atom is 0.407 e. The van der Waals surface area contributed by atoms with Gasteiger partial charge in [-0.3, -0.25) is 0 Å². The molecule has 0 fully saturated rings. The minimum Gasteiger partial charge on any atom is -0.444 e. The van der Waals surface area contributed by atoms with Gasteiger partial charge in [-0.15, -0.1) is 0 Å². The molecule has 0 rings (SSSR count). The molecule has 0 aromatic heterocycles. The molecule has 0 aliphatic carbocycles. The van der Waals surface area contributed by atoms with Gasteiger partial charge in [0.1, 0.15) is 5.60 Å². The Balaban J connectivity index is 3.76. The van der Waals surface area contributed by atoms with E-state index in [0.717, 1.165) is 0 Å². The number of nitrogens with zero attached hydrogens (tertiary/aromatic N) is 1. The Labute approximate surface area is 89.9 Å². The number of carbonyl (C=O) groups excluding carboxylic acids is 2. The van der Waals surface area contributed by atoms with Crippen molar-refractivity contribution in [3.63, 3.8) is 0 Å². The third kappa shape index (κ3) is 8.97. The summed E-state index contributed by atoms with van der Waals surface area (Å²) in [5, 5.41) is 2.60. The fourth-order valence-electron chi connectivity index (χ4n) is 0.829. The molecule has 0 aliphatic rings. The molecule has 0 saturated carbocycles. The largest absolute Gasteiger partial charge is 0.444 e. The number of ether oxygens (including phenoxy) is 1. The van der Waals surface area contributed by atoms with E-state index < -0.39 is 11.7 Å². The molecule has 1 atom stereocenters. The number of aliphatic imine (C=N–C) groups is 1. The zero-order valence-corrected chi connectivity index (χ0v) is 9.66. The van der Waals surface area contributed by atoms with Gasteiger partial charge in [0.25, 0.3) is 0 Å². The van der Waals surface area contributed by atoms with Crippen LogP contribution in [-0.2, 0) is 9.53 Å². The van der Waals surface area contributed by atoms with Gasteiger partial charge in [0.2, 0.25) is 6.08 Å². The summed E-state index contributed by atoms with van der Waals surface area (Å²) in [4.78, 5) is 24.5. The fraction of sp³-hybridized carbons (Fsp3) is 0.800. The van der Waals surface area contributed by atoms with Crippen LogP contribution in [0.2, 0.25) is 0 Å². The SMILES string of the molecule is CC(CN=C=O)CNC(=O)OC(C)(C)C. The Hall–Kier alpha value is -1.35. The molecule has 1 unspecified atom stereocenters. The van der Waals surface area contributed by atoms with Crippen LogP contribution >= 0.6 is 0 Å². The summed E-state index contributed by atoms with van der Waals surface area (Å²) < 4.78 is 5.03. The summed E-state index contributed by atoms with van der Waals surface area (Å²) in [5.41, 5.74) is -0.492. The van der Waals surface area contributed by atoms with Crippen LogP contribution in [0.5, 0.6) is 0 Å². The average molecular weight is 214 g/mol. The number of isocyanates is 1. The van der Waals surface area contributed by atoms with Crippen molar-refractivity contribution in [1.29, 1.82) is 0 Å². The Kier molecular flexibility index (Phi) is 5.64. The summed E-state index contributed by atoms with van der Waals surface area (Å²) in [7, 11) is 0. The number of rotatable bonds is 4. The lowest BCUT2D eigenvalue weighted by Crippen LogP contribution is -2.35. The smallest absolute Gasteiger partial charge is 0.407 e. The summed E-state index contributed by atoms with van der Waals surface area (Å²) in [6.07, 6.45) is 1.00. The van der Waals surface area contributed by atoms with Crippen LogP contribution in [-0.4, -0.2) is 30.9 Å². The first kappa shape index (κ1) is 13.7. The fourth-order valence-corrected chi connectivity index (χ4v) is 0.829. The van der Waals surface area contributed by atoms with Crippen LogP contribution in [0.1, 0.15) is 27.7 Å². The summed E-state index contributed by atoms with van der Waals surface area (Å²) >= 11 is 0. The van der Waals surface area contributed by atoms with Gasteiger partial charge in [0, 0.05) is 6.54 Å². The maximum absolute atomic E-state index is 11.2. The summed E-state index contributed by atoms with van der Waals surface area (Å²) in [5.74, 6) is 0.0963. The topological polar surface area (TPSA) is 67.8 Å². The normalized spacial score (nSPS) is 12.5. The van der Waals surface area contributed by atoms with Crippen molar-refractivity contribution in [2.75, 3.05) is 13.1 Å². The van der Waals surface area contributed by atoms with E-state index in [-0.39, 0.29) is 5.92 Å². The van der Waals surface area contributed by atoms with Gasteiger partial charge in [0.15, 0.2) is 0 Å². The third-order valence-corrected chi connectivity index (χ3v) is 1.46. The first-order valence-corrected chi connectivity index (χ1v) is 4.85. The maximum atomic E-state index is 11.2. The lowest BCUT2D eigenvalue weighted by molar-refractivity contribution is 0.0521. The van der Waals surface area contributed by atoms with Crippen molar-refractivity contribution in [2.24, 2.45) is 10.9 Å². The molecule has 0 aromatic rings. The predicted octanol–water partition coefficient (Wildman–Crippen LogP) is 1.48. The third-order valence-electron chi connectivity index (χ3n) is 1.46. The first-order valence-electron chi connectivity index (χ1n) is 4.85. The van der Waals surface area contributed by atoms with E-state index in [2.05, 4.69) is 10.3 Å². The molecule has 0 radical (unpaired) electrons. The molecular formula is C10H18N2O3. The van der Waals surface area contributed by atoms with Gasteiger partial charge in [0.05, 0.1) is 6.54 Å². The van der Waals surface area contributed by atoms with Gasteiger partial charge in [-0.2, -0.15) is 0 Å². The van der Waals surface area contributed by atoms with E-state index in [1.165, 1.54) is 6.08 Å². The zero-order chi connectivity index (χ0) is 11.9. The molecule has 0 saturated heterocycles. The van der Waals surface area contributed by atoms with E-state index in [4.69, 9.17) is 4.74 Å². The van der Waals surface area contributed by atoms with Crippen LogP contribution in [0.15, 0.2) is 4.99 Å². The molecule has 0 aliphatic heterocycles. The van der Waals surface area contributed by atoms with Crippen LogP contribution < -0.4 is 5.32 Å². The van der Waals surface area contributed by atoms with Gasteiger partial charge >= 0.3 is 6.09 Å². The molecule has 0 aromatic carbocycles. The number of amides is 1. The molecule has 0 spiro atoms. The second-order valence-electron chi connectivity index (χ2n) is 4.42.